The molecule has 0 aliphatic carbocycles. The Labute approximate surface area is 198 Å². The average molecular weight is 486 g/mol. The normalized spacial score (nSPS) is 15.3. The molecule has 170 valence electrons. The molecule has 1 N–H and O–H groups in total. The Morgan fingerprint density at radius 1 is 1.21 bits per heavy atom. The molecule has 1 aromatic carbocycles. The van der Waals surface area contributed by atoms with Crippen molar-refractivity contribution in [3.63, 3.8) is 0 Å². The van der Waals surface area contributed by atoms with Gasteiger partial charge >= 0.3 is 5.97 Å². The molecule has 1 atom stereocenters. The van der Waals surface area contributed by atoms with Crippen molar-refractivity contribution in [3.05, 3.63) is 80.9 Å². The van der Waals surface area contributed by atoms with Crippen LogP contribution in [0.25, 0.3) is 0 Å². The number of benzene rings is 1. The van der Waals surface area contributed by atoms with Gasteiger partial charge in [0.2, 0.25) is 0 Å². The summed E-state index contributed by atoms with van der Waals surface area (Å²) >= 11 is 7.29. The maximum absolute atomic E-state index is 12.8. The van der Waals surface area contributed by atoms with E-state index in [1.54, 1.807) is 30.3 Å². The summed E-state index contributed by atoms with van der Waals surface area (Å²) in [5, 5.41) is 8.81. The van der Waals surface area contributed by atoms with Crippen LogP contribution in [0.2, 0.25) is 5.02 Å². The summed E-state index contributed by atoms with van der Waals surface area (Å²) < 4.78 is 10.6. The van der Waals surface area contributed by atoms with E-state index in [-0.39, 0.29) is 12.5 Å². The number of carbonyl (C=O) groups is 3. The second-order valence-corrected chi connectivity index (χ2v) is 9.01. The fourth-order valence-corrected chi connectivity index (χ4v) is 4.23. The molecule has 10 heteroatoms. The van der Waals surface area contributed by atoms with Crippen LogP contribution in [0.15, 0.2) is 64.3 Å². The second-order valence-electron chi connectivity index (χ2n) is 7.28. The fraction of sp³-hybridized carbons (Fsp3) is 0.217. The van der Waals surface area contributed by atoms with Crippen molar-refractivity contribution in [3.8, 4) is 0 Å². The summed E-state index contributed by atoms with van der Waals surface area (Å²) in [6.07, 6.45) is 1.96. The number of nitrogens with one attached hydrogen (secondary N) is 1. The van der Waals surface area contributed by atoms with E-state index in [4.69, 9.17) is 20.8 Å². The minimum absolute atomic E-state index is 0.343. The van der Waals surface area contributed by atoms with Gasteiger partial charge in [-0.15, -0.1) is 11.3 Å². The summed E-state index contributed by atoms with van der Waals surface area (Å²) in [4.78, 5) is 38.4. The number of nitrogens with zero attached hydrogens (tertiary/aromatic N) is 2. The van der Waals surface area contributed by atoms with Crippen molar-refractivity contribution in [1.82, 2.24) is 10.3 Å². The van der Waals surface area contributed by atoms with E-state index in [2.05, 4.69) is 10.4 Å². The molecule has 1 aliphatic heterocycles. The molecule has 2 amide bonds. The molecule has 33 heavy (non-hydrogen) atoms. The lowest BCUT2D eigenvalue weighted by Gasteiger charge is -2.19. The van der Waals surface area contributed by atoms with Crippen LogP contribution >= 0.6 is 22.9 Å². The Morgan fingerprint density at radius 3 is 2.67 bits per heavy atom. The molecule has 0 fully saturated rings. The number of thiophene rings is 1. The quantitative estimate of drug-likeness (QED) is 0.510. The smallest absolute Gasteiger partial charge is 0.325 e. The SMILES string of the molecule is Cc1ccc(C(=O)NCC(=O)OCC(=O)N2N=C(c3ccc(Cl)cc3)CC2c2ccco2)s1. The van der Waals surface area contributed by atoms with Crippen LogP contribution in [-0.2, 0) is 14.3 Å². The minimum Gasteiger partial charge on any atom is -0.467 e. The minimum atomic E-state index is -0.722. The van der Waals surface area contributed by atoms with Gasteiger partial charge in [0.15, 0.2) is 6.61 Å². The molecule has 3 aromatic rings. The lowest BCUT2D eigenvalue weighted by molar-refractivity contribution is -0.152. The molecule has 0 spiro atoms. The monoisotopic (exact) mass is 485 g/mol. The Hall–Kier alpha value is -3.43. The number of ether oxygens (including phenoxy) is 1. The molecule has 8 nitrogen and oxygen atoms in total. The summed E-state index contributed by atoms with van der Waals surface area (Å²) in [5.41, 5.74) is 1.51. The Morgan fingerprint density at radius 2 is 2.00 bits per heavy atom. The lowest BCUT2D eigenvalue weighted by atomic mass is 10.0. The van der Waals surface area contributed by atoms with Crippen LogP contribution in [0.5, 0.6) is 0 Å². The third kappa shape index (κ3) is 5.50. The third-order valence-electron chi connectivity index (χ3n) is 4.93. The number of hydrogen-bond acceptors (Lipinski definition) is 7. The van der Waals surface area contributed by atoms with Crippen molar-refractivity contribution in [2.75, 3.05) is 13.2 Å². The van der Waals surface area contributed by atoms with E-state index >= 15 is 0 Å². The number of furan rings is 1. The zero-order valence-electron chi connectivity index (χ0n) is 17.6. The highest BCUT2D eigenvalue weighted by Gasteiger charge is 2.35. The van der Waals surface area contributed by atoms with Gasteiger partial charge in [-0.05, 0) is 48.9 Å². The van der Waals surface area contributed by atoms with Crippen LogP contribution < -0.4 is 5.32 Å². The Bertz CT molecular complexity index is 1190. The van der Waals surface area contributed by atoms with E-state index in [1.165, 1.54) is 22.6 Å². The van der Waals surface area contributed by atoms with Crippen LogP contribution in [-0.4, -0.2) is 41.7 Å². The highest BCUT2D eigenvalue weighted by molar-refractivity contribution is 7.13. The maximum Gasteiger partial charge on any atom is 0.325 e. The first kappa shape index (κ1) is 22.8. The van der Waals surface area contributed by atoms with E-state index in [0.29, 0.717) is 27.8 Å². The first-order chi connectivity index (χ1) is 15.9. The number of rotatable bonds is 7. The lowest BCUT2D eigenvalue weighted by Crippen LogP contribution is -2.34. The second kappa shape index (κ2) is 10.0. The number of esters is 1. The number of amides is 2. The van der Waals surface area contributed by atoms with E-state index < -0.39 is 24.5 Å². The van der Waals surface area contributed by atoms with Crippen LogP contribution in [0.1, 0.15) is 38.3 Å². The van der Waals surface area contributed by atoms with Gasteiger partial charge in [-0.1, -0.05) is 23.7 Å². The first-order valence-electron chi connectivity index (χ1n) is 10.1. The predicted octanol–water partition coefficient (Wildman–Crippen LogP) is 3.95. The fourth-order valence-electron chi connectivity index (χ4n) is 3.32. The van der Waals surface area contributed by atoms with Crippen LogP contribution in [0, 0.1) is 6.92 Å². The summed E-state index contributed by atoms with van der Waals surface area (Å²) in [7, 11) is 0. The largest absolute Gasteiger partial charge is 0.467 e. The molecule has 0 bridgehead atoms. The molecule has 1 unspecified atom stereocenters. The number of carbonyl (C=O) groups excluding carboxylic acids is 3. The number of hydrogen-bond donors (Lipinski definition) is 1. The third-order valence-corrected chi connectivity index (χ3v) is 6.18. The van der Waals surface area contributed by atoms with E-state index in [9.17, 15) is 14.4 Å². The van der Waals surface area contributed by atoms with Gasteiger partial charge in [0.25, 0.3) is 11.8 Å². The summed E-state index contributed by atoms with van der Waals surface area (Å²) in [6, 6.07) is 13.7. The van der Waals surface area contributed by atoms with Gasteiger partial charge in [-0.3, -0.25) is 14.4 Å². The summed E-state index contributed by atoms with van der Waals surface area (Å²) in [5.74, 6) is -1.03. The molecule has 4 rings (SSSR count). The predicted molar refractivity (Wildman–Crippen MR) is 123 cm³/mol. The number of halogens is 1. The van der Waals surface area contributed by atoms with Crippen molar-refractivity contribution in [2.45, 2.75) is 19.4 Å². The summed E-state index contributed by atoms with van der Waals surface area (Å²) in [6.45, 7) is 1.03. The molecule has 0 saturated carbocycles. The molecule has 3 heterocycles. The van der Waals surface area contributed by atoms with Crippen molar-refractivity contribution in [2.24, 2.45) is 5.10 Å². The van der Waals surface area contributed by atoms with Gasteiger partial charge in [-0.25, -0.2) is 5.01 Å². The highest BCUT2D eigenvalue weighted by atomic mass is 35.5. The zero-order valence-corrected chi connectivity index (χ0v) is 19.2. The molecular formula is C23H20ClN3O5S. The van der Waals surface area contributed by atoms with Gasteiger partial charge in [0.05, 0.1) is 16.9 Å². The van der Waals surface area contributed by atoms with Crippen LogP contribution in [0.4, 0.5) is 0 Å². The van der Waals surface area contributed by atoms with Gasteiger partial charge in [0.1, 0.15) is 18.3 Å². The van der Waals surface area contributed by atoms with Gasteiger partial charge in [0, 0.05) is 16.3 Å². The number of aryl methyl sites for hydroxylation is 1. The molecule has 0 radical (unpaired) electrons. The van der Waals surface area contributed by atoms with Crippen molar-refractivity contribution < 1.29 is 23.5 Å². The standard InChI is InChI=1S/C23H20ClN3O5S/c1-14-4-9-20(33-14)23(30)25-12-22(29)32-13-21(28)27-18(19-3-2-10-31-19)11-17(26-27)15-5-7-16(24)8-6-15/h2-10,18H,11-13H2,1H3,(H,25,30). The first-order valence-corrected chi connectivity index (χ1v) is 11.3. The molecule has 0 saturated heterocycles. The van der Waals surface area contributed by atoms with Crippen molar-refractivity contribution >= 4 is 46.4 Å². The Kier molecular flexibility index (Phi) is 6.90. The van der Waals surface area contributed by atoms with Gasteiger partial charge in [-0.2, -0.15) is 5.10 Å². The molecule has 1 aliphatic rings. The topological polar surface area (TPSA) is 101 Å². The maximum atomic E-state index is 12.8. The number of hydrazone groups is 1. The van der Waals surface area contributed by atoms with E-state index in [1.807, 2.05) is 25.1 Å². The van der Waals surface area contributed by atoms with Crippen molar-refractivity contribution in [1.29, 1.82) is 0 Å². The van der Waals surface area contributed by atoms with Gasteiger partial charge < -0.3 is 14.5 Å². The molecular weight excluding hydrogens is 466 g/mol. The van der Waals surface area contributed by atoms with E-state index in [0.717, 1.165) is 10.4 Å². The van der Waals surface area contributed by atoms with Crippen LogP contribution in [0.3, 0.4) is 0 Å². The highest BCUT2D eigenvalue weighted by Crippen LogP contribution is 2.33. The molecule has 2 aromatic heterocycles. The Balaban J connectivity index is 1.37. The average Bonchev–Trinajstić information content (AvgIpc) is 3.56. The zero-order chi connectivity index (χ0) is 23.4.